The van der Waals surface area contributed by atoms with E-state index in [1.807, 2.05) is 11.4 Å². The Bertz CT molecular complexity index is 760. The van der Waals surface area contributed by atoms with Crippen molar-refractivity contribution in [1.29, 1.82) is 0 Å². The van der Waals surface area contributed by atoms with Crippen LogP contribution in [0.2, 0.25) is 5.02 Å². The molecule has 23 heavy (non-hydrogen) atoms. The molecule has 3 amide bonds. The van der Waals surface area contributed by atoms with Crippen molar-refractivity contribution in [3.8, 4) is 0 Å². The van der Waals surface area contributed by atoms with Gasteiger partial charge in [0, 0.05) is 16.8 Å². The van der Waals surface area contributed by atoms with Gasteiger partial charge in [-0.05, 0) is 34.5 Å². The first-order valence-corrected chi connectivity index (χ1v) is 8.11. The largest absolute Gasteiger partial charge is 0.370 e. The average Bonchev–Trinajstić information content (AvgIpc) is 2.87. The van der Waals surface area contributed by atoms with Crippen LogP contribution in [-0.2, 0) is 20.8 Å². The predicted molar refractivity (Wildman–Crippen MR) is 90.3 cm³/mol. The van der Waals surface area contributed by atoms with Gasteiger partial charge in [-0.3, -0.25) is 14.4 Å². The van der Waals surface area contributed by atoms with Gasteiger partial charge in [0.15, 0.2) is 0 Å². The molecule has 2 aromatic rings. The zero-order valence-electron chi connectivity index (χ0n) is 12.4. The van der Waals surface area contributed by atoms with E-state index in [-0.39, 0.29) is 18.7 Å². The molecule has 0 unspecified atom stereocenters. The maximum Gasteiger partial charge on any atom is 0.242 e. The minimum atomic E-state index is -0.974. The third kappa shape index (κ3) is 4.43. The molecule has 6 nitrogen and oxygen atoms in total. The second-order valence-corrected chi connectivity index (χ2v) is 6.33. The van der Waals surface area contributed by atoms with Crippen molar-refractivity contribution in [2.45, 2.75) is 18.9 Å². The summed E-state index contributed by atoms with van der Waals surface area (Å²) in [5, 5.41) is 8.31. The van der Waals surface area contributed by atoms with Crippen LogP contribution in [0.3, 0.4) is 0 Å². The zero-order valence-corrected chi connectivity index (χ0v) is 14.0. The van der Waals surface area contributed by atoms with Crippen molar-refractivity contribution in [2.75, 3.05) is 7.05 Å². The lowest BCUT2D eigenvalue weighted by atomic mass is 10.1. The first-order valence-electron chi connectivity index (χ1n) is 6.85. The number of rotatable bonds is 6. The van der Waals surface area contributed by atoms with Gasteiger partial charge in [0.05, 0.1) is 12.8 Å². The van der Waals surface area contributed by atoms with E-state index in [1.165, 1.54) is 18.4 Å². The third-order valence-electron chi connectivity index (χ3n) is 3.27. The Morgan fingerprint density at radius 1 is 1.35 bits per heavy atom. The third-order valence-corrected chi connectivity index (χ3v) is 4.52. The van der Waals surface area contributed by atoms with E-state index in [0.717, 1.165) is 15.6 Å². The second kappa shape index (κ2) is 7.43. The van der Waals surface area contributed by atoms with Crippen LogP contribution < -0.4 is 16.4 Å². The van der Waals surface area contributed by atoms with Crippen LogP contribution in [0, 0.1) is 0 Å². The zero-order chi connectivity index (χ0) is 17.0. The van der Waals surface area contributed by atoms with E-state index in [2.05, 4.69) is 10.6 Å². The lowest BCUT2D eigenvalue weighted by molar-refractivity contribution is -0.130. The highest BCUT2D eigenvalue weighted by atomic mass is 35.5. The molecule has 1 aromatic carbocycles. The summed E-state index contributed by atoms with van der Waals surface area (Å²) in [6.07, 6.45) is -0.159. The lowest BCUT2D eigenvalue weighted by Gasteiger charge is -2.15. The summed E-state index contributed by atoms with van der Waals surface area (Å²) in [6.45, 7) is 0. The number of hydrogen-bond donors (Lipinski definition) is 3. The standard InChI is InChI=1S/C15H16ClN3O3S/c1-18-15(22)11(6-13(17)20)19-14(21)4-8-7-23-12-3-2-9(16)5-10(8)12/h2-3,5,7,11H,4,6H2,1H3,(H2,17,20)(H,18,22)(H,19,21)/t11-/m0/s1. The molecule has 2 rings (SSSR count). The van der Waals surface area contributed by atoms with E-state index in [4.69, 9.17) is 17.3 Å². The van der Waals surface area contributed by atoms with Gasteiger partial charge in [0.1, 0.15) is 6.04 Å². The maximum atomic E-state index is 12.2. The van der Waals surface area contributed by atoms with Gasteiger partial charge in [-0.15, -0.1) is 11.3 Å². The van der Waals surface area contributed by atoms with Crippen molar-refractivity contribution in [2.24, 2.45) is 5.73 Å². The molecule has 0 spiro atoms. The normalized spacial score (nSPS) is 11.9. The molecule has 0 bridgehead atoms. The molecule has 0 radical (unpaired) electrons. The molecule has 0 aliphatic heterocycles. The van der Waals surface area contributed by atoms with Gasteiger partial charge in [-0.1, -0.05) is 11.6 Å². The molecule has 1 aromatic heterocycles. The van der Waals surface area contributed by atoms with Crippen LogP contribution >= 0.6 is 22.9 Å². The quantitative estimate of drug-likeness (QED) is 0.727. The van der Waals surface area contributed by atoms with Crippen molar-refractivity contribution >= 4 is 50.7 Å². The number of nitrogens with two attached hydrogens (primary N) is 1. The number of carbonyl (C=O) groups is 3. The number of benzene rings is 1. The van der Waals surface area contributed by atoms with E-state index in [0.29, 0.717) is 5.02 Å². The minimum absolute atomic E-state index is 0.0899. The van der Waals surface area contributed by atoms with Crippen LogP contribution in [0.4, 0.5) is 0 Å². The molecule has 1 atom stereocenters. The van der Waals surface area contributed by atoms with Crippen LogP contribution in [0.15, 0.2) is 23.6 Å². The number of fused-ring (bicyclic) bond motifs is 1. The molecule has 0 aliphatic carbocycles. The topological polar surface area (TPSA) is 101 Å². The number of hydrogen-bond acceptors (Lipinski definition) is 4. The molecule has 0 saturated carbocycles. The second-order valence-electron chi connectivity index (χ2n) is 4.98. The Morgan fingerprint density at radius 3 is 2.74 bits per heavy atom. The number of likely N-dealkylation sites (N-methyl/N-ethyl adjacent to an activating group) is 1. The number of primary amides is 1. The van der Waals surface area contributed by atoms with Crippen molar-refractivity contribution in [1.82, 2.24) is 10.6 Å². The number of carbonyl (C=O) groups excluding carboxylic acids is 3. The fourth-order valence-corrected chi connectivity index (χ4v) is 3.31. The van der Waals surface area contributed by atoms with E-state index in [1.54, 1.807) is 12.1 Å². The predicted octanol–water partition coefficient (Wildman–Crippen LogP) is 1.20. The van der Waals surface area contributed by atoms with Crippen LogP contribution in [0.1, 0.15) is 12.0 Å². The number of amides is 3. The van der Waals surface area contributed by atoms with Gasteiger partial charge in [-0.2, -0.15) is 0 Å². The molecule has 4 N–H and O–H groups in total. The summed E-state index contributed by atoms with van der Waals surface area (Å²) in [6, 6.07) is 4.51. The van der Waals surface area contributed by atoms with Crippen molar-refractivity contribution in [3.05, 3.63) is 34.2 Å². The van der Waals surface area contributed by atoms with E-state index in [9.17, 15) is 14.4 Å². The van der Waals surface area contributed by atoms with Gasteiger partial charge >= 0.3 is 0 Å². The molecule has 122 valence electrons. The Labute approximate surface area is 142 Å². The Kier molecular flexibility index (Phi) is 5.57. The molecule has 0 fully saturated rings. The molecule has 1 heterocycles. The average molecular weight is 354 g/mol. The van der Waals surface area contributed by atoms with Gasteiger partial charge < -0.3 is 16.4 Å². The molecule has 8 heteroatoms. The Hall–Kier alpha value is -2.12. The van der Waals surface area contributed by atoms with Gasteiger partial charge in [-0.25, -0.2) is 0 Å². The fourth-order valence-electron chi connectivity index (χ4n) is 2.19. The molecule has 0 saturated heterocycles. The van der Waals surface area contributed by atoms with Crippen molar-refractivity contribution in [3.63, 3.8) is 0 Å². The highest BCUT2D eigenvalue weighted by molar-refractivity contribution is 7.17. The maximum absolute atomic E-state index is 12.2. The van der Waals surface area contributed by atoms with Crippen LogP contribution in [-0.4, -0.2) is 30.8 Å². The summed E-state index contributed by atoms with van der Waals surface area (Å²) >= 11 is 7.50. The number of nitrogens with one attached hydrogen (secondary N) is 2. The SMILES string of the molecule is CNC(=O)[C@H](CC(N)=O)NC(=O)Cc1csc2ccc(Cl)cc12. The first kappa shape index (κ1) is 17.2. The highest BCUT2D eigenvalue weighted by Crippen LogP contribution is 2.28. The van der Waals surface area contributed by atoms with Gasteiger partial charge in [0.25, 0.3) is 0 Å². The summed E-state index contributed by atoms with van der Waals surface area (Å²) in [5.74, 6) is -1.48. The van der Waals surface area contributed by atoms with Crippen molar-refractivity contribution < 1.29 is 14.4 Å². The van der Waals surface area contributed by atoms with Gasteiger partial charge in [0.2, 0.25) is 17.7 Å². The molecule has 0 aliphatic rings. The smallest absolute Gasteiger partial charge is 0.242 e. The summed E-state index contributed by atoms with van der Waals surface area (Å²) in [4.78, 5) is 34.9. The Balaban J connectivity index is 2.11. The monoisotopic (exact) mass is 353 g/mol. The minimum Gasteiger partial charge on any atom is -0.370 e. The summed E-state index contributed by atoms with van der Waals surface area (Å²) in [7, 11) is 1.43. The lowest BCUT2D eigenvalue weighted by Crippen LogP contribution is -2.48. The van der Waals surface area contributed by atoms with E-state index < -0.39 is 17.9 Å². The van der Waals surface area contributed by atoms with E-state index >= 15 is 0 Å². The van der Waals surface area contributed by atoms with Crippen LogP contribution in [0.5, 0.6) is 0 Å². The van der Waals surface area contributed by atoms with Crippen LogP contribution in [0.25, 0.3) is 10.1 Å². The first-order chi connectivity index (χ1) is 10.9. The fraction of sp³-hybridized carbons (Fsp3) is 0.267. The highest BCUT2D eigenvalue weighted by Gasteiger charge is 2.22. The number of thiophene rings is 1. The number of halogens is 1. The molecular formula is C15H16ClN3O3S. The summed E-state index contributed by atoms with van der Waals surface area (Å²) < 4.78 is 1.03. The molecular weight excluding hydrogens is 338 g/mol. The summed E-state index contributed by atoms with van der Waals surface area (Å²) in [5.41, 5.74) is 5.92. The Morgan fingerprint density at radius 2 is 2.09 bits per heavy atom.